The Hall–Kier alpha value is -1.98. The predicted molar refractivity (Wildman–Crippen MR) is 96.6 cm³/mol. The quantitative estimate of drug-likeness (QED) is 0.755. The van der Waals surface area contributed by atoms with E-state index in [0.29, 0.717) is 21.6 Å². The SMILES string of the molecule is CCN1C(=O)C(=C2C=CC=CN2C)SC1=Nc1ccc(Cl)cc1. The highest BCUT2D eigenvalue weighted by Gasteiger charge is 2.35. The fourth-order valence-electron chi connectivity index (χ4n) is 2.31. The van der Waals surface area contributed by atoms with Crippen molar-refractivity contribution in [3.05, 3.63) is 64.3 Å². The summed E-state index contributed by atoms with van der Waals surface area (Å²) in [6, 6.07) is 7.27. The molecule has 1 aromatic rings. The fourth-order valence-corrected chi connectivity index (χ4v) is 3.60. The number of aliphatic imine (C=N–C) groups is 1. The van der Waals surface area contributed by atoms with Crippen molar-refractivity contribution in [2.75, 3.05) is 13.6 Å². The summed E-state index contributed by atoms with van der Waals surface area (Å²) in [5.74, 6) is -0.00739. The molecule has 1 aromatic carbocycles. The van der Waals surface area contributed by atoms with Gasteiger partial charge in [-0.2, -0.15) is 0 Å². The van der Waals surface area contributed by atoms with Gasteiger partial charge in [0.05, 0.1) is 11.4 Å². The summed E-state index contributed by atoms with van der Waals surface area (Å²) in [5.41, 5.74) is 1.67. The third-order valence-electron chi connectivity index (χ3n) is 3.52. The molecule has 0 aromatic heterocycles. The van der Waals surface area contributed by atoms with E-state index in [-0.39, 0.29) is 5.91 Å². The normalized spacial score (nSPS) is 22.6. The molecule has 2 aliphatic heterocycles. The number of hydrogen-bond donors (Lipinski definition) is 0. The first-order valence-electron chi connectivity index (χ1n) is 7.26. The summed E-state index contributed by atoms with van der Waals surface area (Å²) < 4.78 is 0. The van der Waals surface area contributed by atoms with Gasteiger partial charge >= 0.3 is 0 Å². The summed E-state index contributed by atoms with van der Waals surface area (Å²) in [6.45, 7) is 2.53. The average Bonchev–Trinajstić information content (AvgIpc) is 2.85. The highest BCUT2D eigenvalue weighted by molar-refractivity contribution is 8.18. The first-order valence-corrected chi connectivity index (χ1v) is 8.45. The number of halogens is 1. The summed E-state index contributed by atoms with van der Waals surface area (Å²) in [5, 5.41) is 1.36. The lowest BCUT2D eigenvalue weighted by atomic mass is 10.2. The molecule has 4 nitrogen and oxygen atoms in total. The van der Waals surface area contributed by atoms with Crippen molar-refractivity contribution >= 4 is 40.1 Å². The minimum absolute atomic E-state index is 0.00739. The summed E-state index contributed by atoms with van der Waals surface area (Å²) in [6.07, 6.45) is 7.75. The number of allylic oxidation sites excluding steroid dienone is 3. The smallest absolute Gasteiger partial charge is 0.268 e. The van der Waals surface area contributed by atoms with E-state index in [4.69, 9.17) is 11.6 Å². The van der Waals surface area contributed by atoms with E-state index in [2.05, 4.69) is 4.99 Å². The zero-order chi connectivity index (χ0) is 16.4. The number of likely N-dealkylation sites (N-methyl/N-ethyl adjacent to an activating group) is 2. The second kappa shape index (κ2) is 6.64. The van der Waals surface area contributed by atoms with E-state index in [9.17, 15) is 4.79 Å². The minimum Gasteiger partial charge on any atom is -0.350 e. The summed E-state index contributed by atoms with van der Waals surface area (Å²) in [4.78, 5) is 21.6. The fraction of sp³-hybridized carbons (Fsp3) is 0.176. The largest absolute Gasteiger partial charge is 0.350 e. The highest BCUT2D eigenvalue weighted by atomic mass is 35.5. The van der Waals surface area contributed by atoms with Crippen LogP contribution in [0.4, 0.5) is 5.69 Å². The molecule has 0 radical (unpaired) electrons. The molecule has 1 saturated heterocycles. The standard InChI is InChI=1S/C17H16ClN3OS/c1-3-21-16(22)15(14-6-4-5-11-20(14)2)23-17(21)19-13-9-7-12(18)8-10-13/h4-11H,3H2,1-2H3. The Kier molecular flexibility index (Phi) is 4.59. The third kappa shape index (κ3) is 3.21. The molecule has 3 rings (SSSR count). The maximum absolute atomic E-state index is 12.7. The second-order valence-electron chi connectivity index (χ2n) is 5.05. The molecule has 1 fully saturated rings. The van der Waals surface area contributed by atoms with Crippen molar-refractivity contribution in [3.63, 3.8) is 0 Å². The molecule has 0 bridgehead atoms. The number of hydrogen-bond acceptors (Lipinski definition) is 4. The molecule has 2 heterocycles. The number of amides is 1. The molecule has 6 heteroatoms. The number of nitrogens with zero attached hydrogens (tertiary/aromatic N) is 3. The van der Waals surface area contributed by atoms with Gasteiger partial charge in [-0.1, -0.05) is 17.7 Å². The molecule has 0 aliphatic carbocycles. The zero-order valence-corrected chi connectivity index (χ0v) is 14.4. The molecule has 0 saturated carbocycles. The van der Waals surface area contributed by atoms with Crippen molar-refractivity contribution in [2.24, 2.45) is 4.99 Å². The van der Waals surface area contributed by atoms with Gasteiger partial charge < -0.3 is 4.90 Å². The van der Waals surface area contributed by atoms with Gasteiger partial charge in [-0.3, -0.25) is 9.69 Å². The Morgan fingerprint density at radius 2 is 1.96 bits per heavy atom. The molecule has 2 aliphatic rings. The first kappa shape index (κ1) is 15.9. The highest BCUT2D eigenvalue weighted by Crippen LogP contribution is 2.36. The summed E-state index contributed by atoms with van der Waals surface area (Å²) >= 11 is 7.31. The maximum atomic E-state index is 12.7. The van der Waals surface area contributed by atoms with E-state index in [1.807, 2.05) is 55.4 Å². The molecular weight excluding hydrogens is 330 g/mol. The van der Waals surface area contributed by atoms with E-state index < -0.39 is 0 Å². The van der Waals surface area contributed by atoms with Gasteiger partial charge in [0.2, 0.25) is 0 Å². The Bertz CT molecular complexity index is 750. The lowest BCUT2D eigenvalue weighted by Gasteiger charge is -2.19. The zero-order valence-electron chi connectivity index (χ0n) is 12.9. The van der Waals surface area contributed by atoms with Gasteiger partial charge in [-0.15, -0.1) is 0 Å². The number of thioether (sulfide) groups is 1. The molecule has 118 valence electrons. The molecule has 0 atom stereocenters. The van der Waals surface area contributed by atoms with Crippen LogP contribution in [0.25, 0.3) is 0 Å². The van der Waals surface area contributed by atoms with E-state index in [0.717, 1.165) is 11.4 Å². The van der Waals surface area contributed by atoms with Gasteiger partial charge in [0.25, 0.3) is 5.91 Å². The van der Waals surface area contributed by atoms with Gasteiger partial charge in [-0.25, -0.2) is 4.99 Å². The van der Waals surface area contributed by atoms with Crippen LogP contribution >= 0.6 is 23.4 Å². The second-order valence-corrected chi connectivity index (χ2v) is 6.46. The molecule has 0 spiro atoms. The van der Waals surface area contributed by atoms with Gasteiger partial charge in [0.15, 0.2) is 5.17 Å². The predicted octanol–water partition coefficient (Wildman–Crippen LogP) is 4.15. The molecule has 23 heavy (non-hydrogen) atoms. The molecular formula is C17H16ClN3OS. The van der Waals surface area contributed by atoms with Crippen LogP contribution in [0.3, 0.4) is 0 Å². The monoisotopic (exact) mass is 345 g/mol. The number of carbonyl (C=O) groups is 1. The number of rotatable bonds is 2. The van der Waals surface area contributed by atoms with Crippen molar-refractivity contribution in [1.29, 1.82) is 0 Å². The van der Waals surface area contributed by atoms with Crippen molar-refractivity contribution in [1.82, 2.24) is 9.80 Å². The van der Waals surface area contributed by atoms with Crippen LogP contribution in [-0.2, 0) is 4.79 Å². The van der Waals surface area contributed by atoms with E-state index in [1.165, 1.54) is 11.8 Å². The Morgan fingerprint density at radius 1 is 1.22 bits per heavy atom. The molecule has 1 amide bonds. The lowest BCUT2D eigenvalue weighted by Crippen LogP contribution is -2.29. The van der Waals surface area contributed by atoms with E-state index in [1.54, 1.807) is 17.0 Å². The molecule has 0 N–H and O–H groups in total. The topological polar surface area (TPSA) is 35.9 Å². The number of benzene rings is 1. The van der Waals surface area contributed by atoms with Crippen LogP contribution in [0.15, 0.2) is 64.3 Å². The van der Waals surface area contributed by atoms with Crippen LogP contribution in [-0.4, -0.2) is 34.5 Å². The lowest BCUT2D eigenvalue weighted by molar-refractivity contribution is -0.122. The average molecular weight is 346 g/mol. The van der Waals surface area contributed by atoms with Crippen LogP contribution in [0.2, 0.25) is 5.02 Å². The maximum Gasteiger partial charge on any atom is 0.268 e. The van der Waals surface area contributed by atoms with Gasteiger partial charge in [0.1, 0.15) is 4.91 Å². The van der Waals surface area contributed by atoms with Crippen LogP contribution in [0.1, 0.15) is 6.92 Å². The number of amidine groups is 1. The molecule has 0 unspecified atom stereocenters. The summed E-state index contributed by atoms with van der Waals surface area (Å²) in [7, 11) is 1.93. The first-order chi connectivity index (χ1) is 11.1. The van der Waals surface area contributed by atoms with Gasteiger partial charge in [0, 0.05) is 24.8 Å². The Balaban J connectivity index is 1.98. The number of carbonyl (C=O) groups excluding carboxylic acids is 1. The van der Waals surface area contributed by atoms with Crippen molar-refractivity contribution < 1.29 is 4.79 Å². The van der Waals surface area contributed by atoms with Crippen molar-refractivity contribution in [2.45, 2.75) is 6.92 Å². The minimum atomic E-state index is -0.00739. The van der Waals surface area contributed by atoms with Crippen LogP contribution < -0.4 is 0 Å². The van der Waals surface area contributed by atoms with Crippen molar-refractivity contribution in [3.8, 4) is 0 Å². The third-order valence-corrected chi connectivity index (χ3v) is 4.85. The van der Waals surface area contributed by atoms with Crippen LogP contribution in [0.5, 0.6) is 0 Å². The van der Waals surface area contributed by atoms with Gasteiger partial charge in [-0.05, 0) is 55.1 Å². The van der Waals surface area contributed by atoms with E-state index >= 15 is 0 Å². The Labute approximate surface area is 144 Å². The van der Waals surface area contributed by atoms with Crippen LogP contribution in [0, 0.1) is 0 Å². The Morgan fingerprint density at radius 3 is 2.61 bits per heavy atom.